The third-order valence-corrected chi connectivity index (χ3v) is 5.78. The van der Waals surface area contributed by atoms with Gasteiger partial charge in [0, 0.05) is 6.54 Å². The minimum Gasteiger partial charge on any atom is -0.405 e. The highest BCUT2D eigenvalue weighted by Crippen LogP contribution is 2.38. The van der Waals surface area contributed by atoms with Crippen molar-refractivity contribution in [1.82, 2.24) is 30.0 Å². The lowest BCUT2D eigenvalue weighted by atomic mass is 10.1. The minimum atomic E-state index is -4.95. The summed E-state index contributed by atoms with van der Waals surface area (Å²) in [6.45, 7) is 0.164. The van der Waals surface area contributed by atoms with Crippen molar-refractivity contribution in [3.05, 3.63) is 71.9 Å². The lowest BCUT2D eigenvalue weighted by Gasteiger charge is -2.23. The van der Waals surface area contributed by atoms with E-state index in [-0.39, 0.29) is 35.1 Å². The van der Waals surface area contributed by atoms with Gasteiger partial charge in [0.2, 0.25) is 11.7 Å². The molecule has 1 saturated heterocycles. The molecule has 2 aromatic heterocycles. The summed E-state index contributed by atoms with van der Waals surface area (Å²) in [5, 5.41) is 11.6. The van der Waals surface area contributed by atoms with Crippen LogP contribution in [0.5, 0.6) is 5.75 Å². The highest BCUT2D eigenvalue weighted by molar-refractivity contribution is 5.98. The third-order valence-electron chi connectivity index (χ3n) is 5.78. The van der Waals surface area contributed by atoms with E-state index in [0.29, 0.717) is 12.8 Å². The van der Waals surface area contributed by atoms with Gasteiger partial charge in [-0.25, -0.2) is 0 Å². The van der Waals surface area contributed by atoms with Gasteiger partial charge in [0.25, 0.3) is 5.91 Å². The Morgan fingerprint density at radius 3 is 2.47 bits per heavy atom. The molecule has 4 aromatic rings. The van der Waals surface area contributed by atoms with Crippen LogP contribution in [0.3, 0.4) is 0 Å². The number of likely N-dealkylation sites (tertiary alicyclic amines) is 1. The van der Waals surface area contributed by atoms with Crippen molar-refractivity contribution >= 4 is 5.91 Å². The molecule has 1 aliphatic heterocycles. The third kappa shape index (κ3) is 5.03. The quantitative estimate of drug-likeness (QED) is 0.322. The molecule has 2 aromatic carbocycles. The first kappa shape index (κ1) is 25.2. The van der Waals surface area contributed by atoms with Crippen LogP contribution in [0.2, 0.25) is 0 Å². The maximum absolute atomic E-state index is 13.6. The first-order valence-corrected chi connectivity index (χ1v) is 11.1. The molecule has 1 aliphatic rings. The fraction of sp³-hybridized carbons (Fsp3) is 0.261. The molecule has 1 unspecified atom stereocenters. The molecule has 1 amide bonds. The average molecular weight is 538 g/mol. The van der Waals surface area contributed by atoms with Gasteiger partial charge in [0.05, 0.1) is 34.8 Å². The van der Waals surface area contributed by atoms with Crippen molar-refractivity contribution < 1.29 is 40.4 Å². The number of halogens is 6. The Labute approximate surface area is 209 Å². The van der Waals surface area contributed by atoms with Crippen molar-refractivity contribution in [1.29, 1.82) is 0 Å². The van der Waals surface area contributed by atoms with Crippen LogP contribution < -0.4 is 4.74 Å². The van der Waals surface area contributed by atoms with Gasteiger partial charge in [0.1, 0.15) is 11.8 Å². The van der Waals surface area contributed by atoms with Crippen molar-refractivity contribution in [2.75, 3.05) is 6.54 Å². The van der Waals surface area contributed by atoms with E-state index in [9.17, 15) is 31.1 Å². The maximum Gasteiger partial charge on any atom is 0.573 e. The Morgan fingerprint density at radius 2 is 1.76 bits per heavy atom. The fourth-order valence-corrected chi connectivity index (χ4v) is 4.16. The molecule has 0 bridgehead atoms. The number of rotatable bonds is 5. The van der Waals surface area contributed by atoms with E-state index in [1.54, 1.807) is 0 Å². The SMILES string of the molecule is O=C(c1cc(C(F)(F)F)ccc1-n1nccn1)N1CCCC1c1nc(-c2ccccc2OC(F)(F)F)no1. The van der Waals surface area contributed by atoms with Crippen LogP contribution in [-0.2, 0) is 6.18 Å². The number of carbonyl (C=O) groups excluding carboxylic acids is 1. The number of alkyl halides is 6. The number of aromatic nitrogens is 5. The van der Waals surface area contributed by atoms with E-state index in [1.807, 2.05) is 0 Å². The summed E-state index contributed by atoms with van der Waals surface area (Å²) in [5.41, 5.74) is -1.40. The Hall–Kier alpha value is -4.43. The van der Waals surface area contributed by atoms with Crippen molar-refractivity contribution in [3.8, 4) is 22.8 Å². The Morgan fingerprint density at radius 1 is 1.03 bits per heavy atom. The smallest absolute Gasteiger partial charge is 0.405 e. The Bertz CT molecular complexity index is 1450. The van der Waals surface area contributed by atoms with Gasteiger partial charge in [-0.05, 0) is 43.2 Å². The van der Waals surface area contributed by atoms with Crippen LogP contribution in [0.1, 0.15) is 40.7 Å². The van der Waals surface area contributed by atoms with E-state index in [0.717, 1.165) is 29.1 Å². The lowest BCUT2D eigenvalue weighted by molar-refractivity contribution is -0.274. The zero-order valence-corrected chi connectivity index (χ0v) is 19.1. The van der Waals surface area contributed by atoms with Gasteiger partial charge in [-0.1, -0.05) is 17.3 Å². The normalized spacial score (nSPS) is 16.2. The largest absolute Gasteiger partial charge is 0.573 e. The molecule has 1 atom stereocenters. The van der Waals surface area contributed by atoms with Gasteiger partial charge in [-0.15, -0.1) is 13.2 Å². The predicted octanol–water partition coefficient (Wildman–Crippen LogP) is 5.21. The molecule has 198 valence electrons. The first-order valence-electron chi connectivity index (χ1n) is 11.1. The minimum absolute atomic E-state index is 0.0306. The second-order valence-corrected chi connectivity index (χ2v) is 8.20. The van der Waals surface area contributed by atoms with Gasteiger partial charge in [-0.2, -0.15) is 33.1 Å². The van der Waals surface area contributed by atoms with Crippen LogP contribution in [0.15, 0.2) is 59.4 Å². The first-order chi connectivity index (χ1) is 18.0. The van der Waals surface area contributed by atoms with Crippen LogP contribution in [-0.4, -0.2) is 48.8 Å². The number of benzene rings is 2. The zero-order valence-electron chi connectivity index (χ0n) is 19.1. The summed E-state index contributed by atoms with van der Waals surface area (Å²) >= 11 is 0. The molecular formula is C23H16F6N6O3. The number of nitrogens with zero attached hydrogens (tertiary/aromatic N) is 6. The maximum atomic E-state index is 13.6. The second-order valence-electron chi connectivity index (χ2n) is 8.20. The van der Waals surface area contributed by atoms with E-state index < -0.39 is 35.8 Å². The molecule has 0 aliphatic carbocycles. The standard InChI is InChI=1S/C23H16F6N6O3/c24-22(25,26)13-7-8-16(35-30-9-10-31-35)15(12-13)21(36)34-11-3-5-17(34)20-32-19(33-38-20)14-4-1-2-6-18(14)37-23(27,28)29/h1-2,4,6-10,12,17H,3,5,11H2. The molecule has 5 rings (SSSR count). The van der Waals surface area contributed by atoms with Gasteiger partial charge in [0.15, 0.2) is 0 Å². The topological polar surface area (TPSA) is 99.2 Å². The second kappa shape index (κ2) is 9.46. The van der Waals surface area contributed by atoms with E-state index in [2.05, 4.69) is 25.1 Å². The van der Waals surface area contributed by atoms with Crippen molar-refractivity contribution in [2.45, 2.75) is 31.4 Å². The van der Waals surface area contributed by atoms with Gasteiger partial charge in [-0.3, -0.25) is 4.79 Å². The summed E-state index contributed by atoms with van der Waals surface area (Å²) < 4.78 is 88.1. The van der Waals surface area contributed by atoms with Crippen molar-refractivity contribution in [2.24, 2.45) is 0 Å². The number of amides is 1. The summed E-state index contributed by atoms with van der Waals surface area (Å²) in [6, 6.07) is 7.00. The highest BCUT2D eigenvalue weighted by Gasteiger charge is 2.38. The molecule has 0 saturated carbocycles. The summed E-state index contributed by atoms with van der Waals surface area (Å²) in [4.78, 5) is 20.1. The number of hydrogen-bond acceptors (Lipinski definition) is 7. The molecule has 3 heterocycles. The van der Waals surface area contributed by atoms with E-state index in [1.165, 1.54) is 35.5 Å². The monoisotopic (exact) mass is 538 g/mol. The fourth-order valence-electron chi connectivity index (χ4n) is 4.16. The highest BCUT2D eigenvalue weighted by atomic mass is 19.4. The van der Waals surface area contributed by atoms with E-state index >= 15 is 0 Å². The number of ether oxygens (including phenoxy) is 1. The molecule has 15 heteroatoms. The molecule has 1 fully saturated rings. The number of carbonyl (C=O) groups is 1. The van der Waals surface area contributed by atoms with Crippen LogP contribution in [0.4, 0.5) is 26.3 Å². The molecule has 9 nitrogen and oxygen atoms in total. The Kier molecular flexibility index (Phi) is 6.28. The zero-order chi connectivity index (χ0) is 27.1. The summed E-state index contributed by atoms with van der Waals surface area (Å²) in [6.07, 6.45) is -6.24. The lowest BCUT2D eigenvalue weighted by Crippen LogP contribution is -2.32. The van der Waals surface area contributed by atoms with E-state index in [4.69, 9.17) is 4.52 Å². The number of para-hydroxylation sites is 1. The molecular weight excluding hydrogens is 522 g/mol. The molecule has 0 radical (unpaired) electrons. The van der Waals surface area contributed by atoms with Crippen molar-refractivity contribution in [3.63, 3.8) is 0 Å². The van der Waals surface area contributed by atoms with Crippen LogP contribution in [0, 0.1) is 0 Å². The summed E-state index contributed by atoms with van der Waals surface area (Å²) in [7, 11) is 0. The molecule has 0 spiro atoms. The predicted molar refractivity (Wildman–Crippen MR) is 116 cm³/mol. The van der Waals surface area contributed by atoms with Gasteiger partial charge < -0.3 is 14.2 Å². The Balaban J connectivity index is 1.48. The average Bonchev–Trinajstić information content (AvgIpc) is 3.63. The molecule has 0 N–H and O–H groups in total. The van der Waals surface area contributed by atoms with Gasteiger partial charge >= 0.3 is 12.5 Å². The van der Waals surface area contributed by atoms with Crippen LogP contribution >= 0.6 is 0 Å². The number of hydrogen-bond donors (Lipinski definition) is 0. The molecule has 38 heavy (non-hydrogen) atoms. The van der Waals surface area contributed by atoms with Crippen LogP contribution in [0.25, 0.3) is 17.1 Å². The summed E-state index contributed by atoms with van der Waals surface area (Å²) in [5.74, 6) is -1.60.